The number of piperazine rings is 1. The lowest BCUT2D eigenvalue weighted by atomic mass is 10.1. The molecule has 0 radical (unpaired) electrons. The van der Waals surface area contributed by atoms with Crippen LogP contribution in [0.2, 0.25) is 0 Å². The van der Waals surface area contributed by atoms with Gasteiger partial charge in [-0.05, 0) is 38.1 Å². The lowest BCUT2D eigenvalue weighted by Gasteiger charge is -2.39. The Morgan fingerprint density at radius 2 is 1.55 bits per heavy atom. The fraction of sp³-hybridized carbons (Fsp3) is 0.310. The Bertz CT molecular complexity index is 1720. The highest BCUT2D eigenvalue weighted by Crippen LogP contribution is 2.25. The number of hydrogen-bond acceptors (Lipinski definition) is 12. The molecule has 2 aliphatic heterocycles. The first-order valence-electron chi connectivity index (χ1n) is 14.0. The predicted octanol–water partition coefficient (Wildman–Crippen LogP) is 2.67. The molecule has 2 aliphatic rings. The van der Waals surface area contributed by atoms with E-state index in [0.29, 0.717) is 61.7 Å². The largest absolute Gasteiger partial charge is 0.351 e. The van der Waals surface area contributed by atoms with Crippen molar-refractivity contribution in [1.82, 2.24) is 24.9 Å². The van der Waals surface area contributed by atoms with E-state index < -0.39 is 22.0 Å². The van der Waals surface area contributed by atoms with E-state index in [0.717, 1.165) is 18.0 Å². The number of amides is 1. The normalized spacial score (nSPS) is 17.3. The number of carbonyl (C=O) groups excluding carboxylic acids is 1. The van der Waals surface area contributed by atoms with Crippen molar-refractivity contribution in [2.24, 2.45) is 0 Å². The van der Waals surface area contributed by atoms with E-state index in [1.807, 2.05) is 28.5 Å². The number of carbonyl (C=O) groups is 1. The van der Waals surface area contributed by atoms with Gasteiger partial charge >= 0.3 is 0 Å². The lowest BCUT2D eigenvalue weighted by molar-refractivity contribution is 0.102. The van der Waals surface area contributed by atoms with E-state index >= 15 is 0 Å². The van der Waals surface area contributed by atoms with Gasteiger partial charge in [0.05, 0.1) is 40.9 Å². The summed E-state index contributed by atoms with van der Waals surface area (Å²) < 4.78 is 43.6. The topological polar surface area (TPSA) is 147 Å². The predicted molar refractivity (Wildman–Crippen MR) is 161 cm³/mol. The van der Waals surface area contributed by atoms with Gasteiger partial charge in [0, 0.05) is 45.0 Å². The van der Waals surface area contributed by atoms with Crippen LogP contribution < -0.4 is 20.0 Å². The molecule has 0 unspecified atom stereocenters. The minimum atomic E-state index is -3.85. The standard InChI is InChI=1S/C29H30FN9O4S/c1-19-3-6-25(7-4-19)44(41,42)43-24-17-38(18-24)26-8-5-21(11-31-26)27(40)36-23-14-34-28(35-15-23)37-9-10-39(20(2)16-37)29-32-12-22(30)13-33-29/h3-8,11-15,20,24H,9-10,16-18H2,1-2H3,(H,36,40)/t20-/m0/s1. The summed E-state index contributed by atoms with van der Waals surface area (Å²) in [6.45, 7) is 6.50. The van der Waals surface area contributed by atoms with Gasteiger partial charge in [-0.3, -0.25) is 8.98 Å². The summed E-state index contributed by atoms with van der Waals surface area (Å²) >= 11 is 0. The van der Waals surface area contributed by atoms with E-state index in [-0.39, 0.29) is 16.8 Å². The number of hydrogen-bond donors (Lipinski definition) is 1. The van der Waals surface area contributed by atoms with Crippen LogP contribution in [-0.4, -0.2) is 84.1 Å². The molecule has 2 saturated heterocycles. The maximum Gasteiger partial charge on any atom is 0.297 e. The zero-order chi connectivity index (χ0) is 30.8. The fourth-order valence-corrected chi connectivity index (χ4v) is 6.04. The summed E-state index contributed by atoms with van der Waals surface area (Å²) in [5, 5.41) is 2.78. The summed E-state index contributed by atoms with van der Waals surface area (Å²) in [6, 6.07) is 9.92. The van der Waals surface area contributed by atoms with Crippen molar-refractivity contribution in [2.45, 2.75) is 30.9 Å². The van der Waals surface area contributed by atoms with Crippen LogP contribution in [-0.2, 0) is 14.3 Å². The number of nitrogens with zero attached hydrogens (tertiary/aromatic N) is 8. The van der Waals surface area contributed by atoms with Crippen LogP contribution in [0.15, 0.2) is 72.3 Å². The second kappa shape index (κ2) is 12.1. The van der Waals surface area contributed by atoms with Crippen LogP contribution in [0.25, 0.3) is 0 Å². The number of anilines is 4. The average molecular weight is 620 g/mol. The maximum absolute atomic E-state index is 13.2. The quantitative estimate of drug-likeness (QED) is 0.289. The van der Waals surface area contributed by atoms with Crippen molar-refractivity contribution in [3.63, 3.8) is 0 Å². The monoisotopic (exact) mass is 619 g/mol. The van der Waals surface area contributed by atoms with Crippen molar-refractivity contribution >= 4 is 39.4 Å². The molecule has 0 spiro atoms. The zero-order valence-corrected chi connectivity index (χ0v) is 24.9. The van der Waals surface area contributed by atoms with Gasteiger partial charge < -0.3 is 20.0 Å². The van der Waals surface area contributed by atoms with Crippen molar-refractivity contribution < 1.29 is 21.8 Å². The fourth-order valence-electron chi connectivity index (χ4n) is 4.98. The number of aromatic nitrogens is 5. The van der Waals surface area contributed by atoms with E-state index in [1.165, 1.54) is 18.3 Å². The molecule has 44 heavy (non-hydrogen) atoms. The average Bonchev–Trinajstić information content (AvgIpc) is 3.00. The second-order valence-corrected chi connectivity index (χ2v) is 12.3. The van der Waals surface area contributed by atoms with E-state index in [9.17, 15) is 17.6 Å². The van der Waals surface area contributed by atoms with Crippen LogP contribution in [0, 0.1) is 12.7 Å². The Morgan fingerprint density at radius 1 is 0.864 bits per heavy atom. The summed E-state index contributed by atoms with van der Waals surface area (Å²) in [5.74, 6) is 0.783. The van der Waals surface area contributed by atoms with Crippen molar-refractivity contribution in [2.75, 3.05) is 52.7 Å². The molecule has 0 aliphatic carbocycles. The lowest BCUT2D eigenvalue weighted by Crippen LogP contribution is -2.53. The minimum absolute atomic E-state index is 0.0500. The third-order valence-electron chi connectivity index (χ3n) is 7.42. The van der Waals surface area contributed by atoms with Crippen LogP contribution in [0.3, 0.4) is 0 Å². The third kappa shape index (κ3) is 6.43. The molecule has 3 aromatic heterocycles. The van der Waals surface area contributed by atoms with E-state index in [2.05, 4.69) is 30.2 Å². The third-order valence-corrected chi connectivity index (χ3v) is 8.80. The van der Waals surface area contributed by atoms with Gasteiger partial charge in [-0.1, -0.05) is 17.7 Å². The summed E-state index contributed by atoms with van der Waals surface area (Å²) in [7, 11) is -3.85. The molecular formula is C29H30FN9O4S. The highest BCUT2D eigenvalue weighted by Gasteiger charge is 2.33. The highest BCUT2D eigenvalue weighted by atomic mass is 32.2. The number of aryl methyl sites for hydroxylation is 1. The molecule has 5 heterocycles. The molecular weight excluding hydrogens is 589 g/mol. The molecule has 2 fully saturated rings. The SMILES string of the molecule is Cc1ccc(S(=O)(=O)OC2CN(c3ccc(C(=O)Nc4cnc(N5CCN(c6ncc(F)cn6)[C@@H](C)C5)nc4)cn3)C2)cc1. The Morgan fingerprint density at radius 3 is 2.18 bits per heavy atom. The summed E-state index contributed by atoms with van der Waals surface area (Å²) in [5.41, 5.74) is 1.75. The summed E-state index contributed by atoms with van der Waals surface area (Å²) in [4.78, 5) is 40.2. The number of halogens is 1. The first kappa shape index (κ1) is 29.3. The van der Waals surface area contributed by atoms with Gasteiger partial charge in [-0.15, -0.1) is 0 Å². The minimum Gasteiger partial charge on any atom is -0.351 e. The van der Waals surface area contributed by atoms with Gasteiger partial charge in [0.25, 0.3) is 16.0 Å². The van der Waals surface area contributed by atoms with Gasteiger partial charge in [-0.25, -0.2) is 29.3 Å². The number of benzene rings is 1. The number of pyridine rings is 1. The number of nitrogens with one attached hydrogen (secondary N) is 1. The van der Waals surface area contributed by atoms with Crippen molar-refractivity contribution in [1.29, 1.82) is 0 Å². The van der Waals surface area contributed by atoms with Crippen LogP contribution in [0.5, 0.6) is 0 Å². The molecule has 1 amide bonds. The van der Waals surface area contributed by atoms with E-state index in [1.54, 1.807) is 36.7 Å². The molecule has 13 nitrogen and oxygen atoms in total. The van der Waals surface area contributed by atoms with Crippen LogP contribution in [0.1, 0.15) is 22.8 Å². The molecule has 1 atom stereocenters. The molecule has 0 saturated carbocycles. The molecule has 6 rings (SSSR count). The van der Waals surface area contributed by atoms with Gasteiger partial charge in [0.1, 0.15) is 11.9 Å². The smallest absolute Gasteiger partial charge is 0.297 e. The second-order valence-electron chi connectivity index (χ2n) is 10.7. The zero-order valence-electron chi connectivity index (χ0n) is 24.0. The highest BCUT2D eigenvalue weighted by molar-refractivity contribution is 7.86. The van der Waals surface area contributed by atoms with Crippen molar-refractivity contribution in [3.05, 3.63) is 84.3 Å². The molecule has 4 aromatic rings. The van der Waals surface area contributed by atoms with Gasteiger partial charge in [0.15, 0.2) is 5.82 Å². The Kier molecular flexibility index (Phi) is 8.05. The van der Waals surface area contributed by atoms with E-state index in [4.69, 9.17) is 4.18 Å². The summed E-state index contributed by atoms with van der Waals surface area (Å²) in [6.07, 6.45) is 6.39. The Hall–Kier alpha value is -4.76. The molecule has 1 aromatic carbocycles. The molecule has 0 bridgehead atoms. The Balaban J connectivity index is 0.986. The number of rotatable bonds is 8. The molecule has 228 valence electrons. The molecule has 1 N–H and O–H groups in total. The Labute approximate surface area is 253 Å². The van der Waals surface area contributed by atoms with Crippen LogP contribution >= 0.6 is 0 Å². The first-order valence-corrected chi connectivity index (χ1v) is 15.4. The first-order chi connectivity index (χ1) is 21.1. The van der Waals surface area contributed by atoms with Crippen molar-refractivity contribution in [3.8, 4) is 0 Å². The molecule has 15 heteroatoms. The van der Waals surface area contributed by atoms with Crippen LogP contribution in [0.4, 0.5) is 27.8 Å². The van der Waals surface area contributed by atoms with Gasteiger partial charge in [-0.2, -0.15) is 8.42 Å². The maximum atomic E-state index is 13.2. The van der Waals surface area contributed by atoms with Gasteiger partial charge in [0.2, 0.25) is 11.9 Å².